The lowest BCUT2D eigenvalue weighted by atomic mass is 10.1. The zero-order chi connectivity index (χ0) is 19.5. The number of aliphatic imine (C=N–C) groups is 1. The quantitative estimate of drug-likeness (QED) is 0.455. The topological polar surface area (TPSA) is 59.0 Å². The number of hydrogen-bond donors (Lipinski definition) is 0. The molecule has 5 nitrogen and oxygen atoms in total. The number of carbonyl (C=O) groups is 2. The fourth-order valence-electron chi connectivity index (χ4n) is 3.49. The summed E-state index contributed by atoms with van der Waals surface area (Å²) in [6, 6.07) is 14.5. The Hall–Kier alpha value is -3.21. The maximum Gasteiger partial charge on any atom is 0.343 e. The summed E-state index contributed by atoms with van der Waals surface area (Å²) in [5.41, 5.74) is 2.81. The van der Waals surface area contributed by atoms with Gasteiger partial charge in [0, 0.05) is 18.5 Å². The number of carbonyl (C=O) groups excluding carboxylic acids is 2. The molecule has 1 amide bonds. The third kappa shape index (κ3) is 3.74. The lowest BCUT2D eigenvalue weighted by molar-refractivity contribution is -0.114. The number of para-hydroxylation sites is 1. The van der Waals surface area contributed by atoms with E-state index in [0.717, 1.165) is 43.6 Å². The van der Waals surface area contributed by atoms with Crippen LogP contribution < -0.4 is 4.74 Å². The van der Waals surface area contributed by atoms with Gasteiger partial charge in [-0.05, 0) is 44.0 Å². The first-order valence-corrected chi connectivity index (χ1v) is 9.61. The number of rotatable bonds is 3. The van der Waals surface area contributed by atoms with Crippen LogP contribution in [0.25, 0.3) is 6.08 Å². The van der Waals surface area contributed by atoms with Gasteiger partial charge in [-0.1, -0.05) is 42.3 Å². The zero-order valence-corrected chi connectivity index (χ0v) is 15.9. The van der Waals surface area contributed by atoms with E-state index in [1.165, 1.54) is 0 Å². The highest BCUT2D eigenvalue weighted by atomic mass is 16.5. The van der Waals surface area contributed by atoms with Gasteiger partial charge in [-0.15, -0.1) is 0 Å². The number of amidine groups is 1. The molecule has 2 aromatic carbocycles. The Morgan fingerprint density at radius 2 is 1.86 bits per heavy atom. The van der Waals surface area contributed by atoms with Crippen molar-refractivity contribution in [3.8, 4) is 5.75 Å². The van der Waals surface area contributed by atoms with E-state index in [-0.39, 0.29) is 5.91 Å². The molecule has 0 atom stereocenters. The van der Waals surface area contributed by atoms with E-state index < -0.39 is 5.97 Å². The molecule has 2 aliphatic rings. The fraction of sp³-hybridized carbons (Fsp3) is 0.261. The van der Waals surface area contributed by atoms with E-state index in [9.17, 15) is 9.59 Å². The molecule has 4 rings (SSSR count). The highest BCUT2D eigenvalue weighted by Crippen LogP contribution is 2.28. The van der Waals surface area contributed by atoms with Crippen molar-refractivity contribution in [3.63, 3.8) is 0 Å². The van der Waals surface area contributed by atoms with Gasteiger partial charge in [-0.3, -0.25) is 4.79 Å². The number of benzene rings is 2. The molecule has 0 bridgehead atoms. The van der Waals surface area contributed by atoms with Crippen molar-refractivity contribution >= 4 is 23.8 Å². The molecule has 0 unspecified atom stereocenters. The van der Waals surface area contributed by atoms with Crippen molar-refractivity contribution in [2.75, 3.05) is 6.54 Å². The summed E-state index contributed by atoms with van der Waals surface area (Å²) in [7, 11) is 0. The summed E-state index contributed by atoms with van der Waals surface area (Å²) < 4.78 is 5.63. The summed E-state index contributed by atoms with van der Waals surface area (Å²) in [5.74, 6) is 0.631. The predicted octanol–water partition coefficient (Wildman–Crippen LogP) is 4.37. The fourth-order valence-corrected chi connectivity index (χ4v) is 3.49. The van der Waals surface area contributed by atoms with Gasteiger partial charge in [-0.25, -0.2) is 4.79 Å². The van der Waals surface area contributed by atoms with Gasteiger partial charge in [0.2, 0.25) is 0 Å². The molecule has 0 N–H and O–H groups in total. The number of nitrogens with zero attached hydrogens (tertiary/aromatic N) is 2. The summed E-state index contributed by atoms with van der Waals surface area (Å²) in [6.45, 7) is 2.76. The van der Waals surface area contributed by atoms with E-state index in [1.54, 1.807) is 24.3 Å². The number of hydrogen-bond acceptors (Lipinski definition) is 4. The van der Waals surface area contributed by atoms with Crippen LogP contribution in [0.4, 0.5) is 0 Å². The van der Waals surface area contributed by atoms with Crippen molar-refractivity contribution in [2.24, 2.45) is 4.99 Å². The highest BCUT2D eigenvalue weighted by molar-refractivity contribution is 6.13. The first-order valence-electron chi connectivity index (χ1n) is 9.61. The third-order valence-corrected chi connectivity index (χ3v) is 5.04. The second-order valence-corrected chi connectivity index (χ2v) is 7.12. The van der Waals surface area contributed by atoms with Crippen LogP contribution in [0.3, 0.4) is 0 Å². The molecule has 0 radical (unpaired) electrons. The number of esters is 1. The summed E-state index contributed by atoms with van der Waals surface area (Å²) >= 11 is 0. The molecule has 0 aromatic heterocycles. The molecular weight excluding hydrogens is 352 g/mol. The van der Waals surface area contributed by atoms with E-state index in [0.29, 0.717) is 22.6 Å². The van der Waals surface area contributed by atoms with Crippen LogP contribution in [-0.2, 0) is 4.79 Å². The molecule has 142 valence electrons. The Morgan fingerprint density at radius 1 is 1.07 bits per heavy atom. The van der Waals surface area contributed by atoms with Crippen LogP contribution in [0.2, 0.25) is 0 Å². The van der Waals surface area contributed by atoms with Crippen molar-refractivity contribution in [2.45, 2.75) is 32.6 Å². The summed E-state index contributed by atoms with van der Waals surface area (Å²) in [5, 5.41) is 0. The molecule has 1 saturated heterocycles. The first-order chi connectivity index (χ1) is 13.6. The van der Waals surface area contributed by atoms with Gasteiger partial charge in [0.15, 0.2) is 0 Å². The summed E-state index contributed by atoms with van der Waals surface area (Å²) in [6.07, 6.45) is 5.84. The molecule has 1 fully saturated rings. The van der Waals surface area contributed by atoms with Crippen LogP contribution in [0, 0.1) is 6.92 Å². The summed E-state index contributed by atoms with van der Waals surface area (Å²) in [4.78, 5) is 31.2. The molecule has 0 spiro atoms. The number of aryl methyl sites for hydroxylation is 1. The lowest BCUT2D eigenvalue weighted by Crippen LogP contribution is -2.26. The minimum atomic E-state index is -0.421. The van der Waals surface area contributed by atoms with Crippen LogP contribution in [0.15, 0.2) is 59.2 Å². The lowest BCUT2D eigenvalue weighted by Gasteiger charge is -2.18. The normalized spacial score (nSPS) is 17.9. The van der Waals surface area contributed by atoms with Gasteiger partial charge >= 0.3 is 5.97 Å². The minimum Gasteiger partial charge on any atom is -0.422 e. The number of ether oxygens (including phenoxy) is 1. The largest absolute Gasteiger partial charge is 0.422 e. The average molecular weight is 374 g/mol. The zero-order valence-electron chi connectivity index (χ0n) is 15.9. The van der Waals surface area contributed by atoms with Crippen LogP contribution in [0.5, 0.6) is 5.75 Å². The van der Waals surface area contributed by atoms with Crippen molar-refractivity contribution < 1.29 is 14.3 Å². The van der Waals surface area contributed by atoms with Crippen molar-refractivity contribution in [3.05, 3.63) is 70.9 Å². The Balaban J connectivity index is 1.61. The third-order valence-electron chi connectivity index (χ3n) is 5.04. The molecule has 2 aliphatic heterocycles. The smallest absolute Gasteiger partial charge is 0.343 e. The van der Waals surface area contributed by atoms with Crippen LogP contribution in [0.1, 0.15) is 47.2 Å². The second kappa shape index (κ2) is 7.80. The van der Waals surface area contributed by atoms with Crippen LogP contribution >= 0.6 is 0 Å². The molecule has 28 heavy (non-hydrogen) atoms. The van der Waals surface area contributed by atoms with E-state index in [2.05, 4.69) is 4.99 Å². The van der Waals surface area contributed by atoms with Gasteiger partial charge < -0.3 is 9.64 Å². The Kier molecular flexibility index (Phi) is 5.06. The first kappa shape index (κ1) is 18.2. The van der Waals surface area contributed by atoms with Crippen molar-refractivity contribution in [1.82, 2.24) is 4.90 Å². The van der Waals surface area contributed by atoms with E-state index in [4.69, 9.17) is 4.74 Å². The molecule has 2 aromatic rings. The molecule has 5 heteroatoms. The van der Waals surface area contributed by atoms with Crippen LogP contribution in [-0.4, -0.2) is 29.2 Å². The van der Waals surface area contributed by atoms with E-state index >= 15 is 0 Å². The molecule has 0 saturated carbocycles. The average Bonchev–Trinajstić information content (AvgIpc) is 2.84. The van der Waals surface area contributed by atoms with Gasteiger partial charge in [0.1, 0.15) is 17.3 Å². The monoisotopic (exact) mass is 374 g/mol. The number of amides is 1. The predicted molar refractivity (Wildman–Crippen MR) is 108 cm³/mol. The minimum absolute atomic E-state index is 0.225. The maximum absolute atomic E-state index is 12.5. The maximum atomic E-state index is 12.5. The van der Waals surface area contributed by atoms with E-state index in [1.807, 2.05) is 42.2 Å². The molecular formula is C23H22N2O3. The van der Waals surface area contributed by atoms with Crippen molar-refractivity contribution in [1.29, 1.82) is 0 Å². The van der Waals surface area contributed by atoms with Gasteiger partial charge in [0.05, 0.1) is 5.56 Å². The standard InChI is InChI=1S/C23H22N2O3/c1-16-10-12-17(13-11-16)23(27)28-20-8-5-4-7-18(20)15-19-22(26)24-21-9-3-2-6-14-25(19)21/h4-5,7-8,10-13,15H,2-3,6,9,14H2,1H3/b19-15+. The Labute approximate surface area is 164 Å². The number of fused-ring (bicyclic) bond motifs is 1. The molecule has 2 heterocycles. The van der Waals surface area contributed by atoms with Gasteiger partial charge in [0.25, 0.3) is 5.91 Å². The Morgan fingerprint density at radius 3 is 2.68 bits per heavy atom. The SMILES string of the molecule is Cc1ccc(C(=O)Oc2ccccc2/C=C2\C(=O)N=C3CCCCCN32)cc1. The van der Waals surface area contributed by atoms with Gasteiger partial charge in [-0.2, -0.15) is 4.99 Å². The Bertz CT molecular complexity index is 974. The second-order valence-electron chi connectivity index (χ2n) is 7.12. The highest BCUT2D eigenvalue weighted by Gasteiger charge is 2.30. The molecule has 0 aliphatic carbocycles.